The number of aliphatic hydroxyl groups excluding tert-OH is 2. The van der Waals surface area contributed by atoms with E-state index in [4.69, 9.17) is 9.47 Å². The number of carbonyl (C=O) groups excluding carboxylic acids is 2. The Morgan fingerprint density at radius 1 is 0.935 bits per heavy atom. The molecular formula is C36H47N3O7. The van der Waals surface area contributed by atoms with Crippen LogP contribution in [0.5, 0.6) is 5.75 Å². The zero-order valence-electron chi connectivity index (χ0n) is 26.7. The minimum absolute atomic E-state index is 0.00115. The molecule has 5 N–H and O–H groups in total. The summed E-state index contributed by atoms with van der Waals surface area (Å²) in [4.78, 5) is 25.3. The van der Waals surface area contributed by atoms with Crippen molar-refractivity contribution >= 4 is 11.8 Å². The number of phenolic OH excluding ortho intramolecular Hbond substituents is 1. The number of hydrogen-bond donors (Lipinski definition) is 5. The van der Waals surface area contributed by atoms with Gasteiger partial charge in [0.2, 0.25) is 11.8 Å². The van der Waals surface area contributed by atoms with Crippen LogP contribution < -0.4 is 10.6 Å². The monoisotopic (exact) mass is 633 g/mol. The molecule has 0 spiro atoms. The summed E-state index contributed by atoms with van der Waals surface area (Å²) in [5.74, 6) is 0.0770. The Labute approximate surface area is 271 Å². The van der Waals surface area contributed by atoms with Crippen molar-refractivity contribution in [3.05, 3.63) is 101 Å². The van der Waals surface area contributed by atoms with Crippen LogP contribution in [-0.2, 0) is 32.2 Å². The molecular weight excluding hydrogens is 586 g/mol. The van der Waals surface area contributed by atoms with Crippen LogP contribution in [0.15, 0.2) is 72.8 Å². The molecule has 0 saturated carbocycles. The number of carbonyl (C=O) groups is 2. The number of amides is 2. The molecule has 1 aliphatic heterocycles. The molecule has 248 valence electrons. The van der Waals surface area contributed by atoms with Crippen LogP contribution in [0.25, 0.3) is 0 Å². The Bertz CT molecular complexity index is 1380. The molecule has 4 atom stereocenters. The number of benzene rings is 3. The fourth-order valence-electron chi connectivity index (χ4n) is 5.52. The quantitative estimate of drug-likeness (QED) is 0.146. The Morgan fingerprint density at radius 3 is 2.35 bits per heavy atom. The lowest BCUT2D eigenvalue weighted by Crippen LogP contribution is -2.39. The van der Waals surface area contributed by atoms with Crippen LogP contribution in [0, 0.1) is 0 Å². The Hall–Kier alpha value is -3.80. The largest absolute Gasteiger partial charge is 0.508 e. The van der Waals surface area contributed by atoms with Crippen LogP contribution in [0.2, 0.25) is 0 Å². The minimum Gasteiger partial charge on any atom is -0.508 e. The van der Waals surface area contributed by atoms with Gasteiger partial charge in [0.25, 0.3) is 0 Å². The van der Waals surface area contributed by atoms with E-state index in [1.807, 2.05) is 60.5 Å². The molecule has 0 aromatic heterocycles. The molecule has 0 unspecified atom stereocenters. The molecule has 1 fully saturated rings. The van der Waals surface area contributed by atoms with Gasteiger partial charge >= 0.3 is 0 Å². The molecule has 4 rings (SSSR count). The van der Waals surface area contributed by atoms with Gasteiger partial charge in [0, 0.05) is 51.5 Å². The average molecular weight is 634 g/mol. The van der Waals surface area contributed by atoms with E-state index in [2.05, 4.69) is 10.6 Å². The first-order chi connectivity index (χ1) is 22.2. The Kier molecular flexibility index (Phi) is 13.5. The molecule has 3 aromatic carbocycles. The number of ether oxygens (including phenoxy) is 2. The van der Waals surface area contributed by atoms with Crippen LogP contribution in [0.1, 0.15) is 85.3 Å². The van der Waals surface area contributed by atoms with Crippen LogP contribution in [-0.4, -0.2) is 64.8 Å². The predicted octanol–water partition coefficient (Wildman–Crippen LogP) is 4.41. The number of hydrogen-bond acceptors (Lipinski definition) is 8. The number of unbranched alkanes of at least 4 members (excludes halogenated alkanes) is 2. The number of aromatic hydroxyl groups is 1. The third-order valence-electron chi connectivity index (χ3n) is 8.07. The highest BCUT2D eigenvalue weighted by molar-refractivity contribution is 5.75. The number of nitrogens with one attached hydrogen (secondary N) is 2. The number of aliphatic hydroxyl groups is 2. The van der Waals surface area contributed by atoms with Crippen molar-refractivity contribution in [3.63, 3.8) is 0 Å². The normalized spacial score (nSPS) is 18.7. The molecule has 1 heterocycles. The van der Waals surface area contributed by atoms with E-state index < -0.39 is 12.4 Å². The van der Waals surface area contributed by atoms with Gasteiger partial charge < -0.3 is 40.3 Å². The maximum absolute atomic E-state index is 12.3. The molecule has 3 aromatic rings. The smallest absolute Gasteiger partial charge is 0.220 e. The molecule has 10 heteroatoms. The highest BCUT2D eigenvalue weighted by atomic mass is 16.7. The maximum atomic E-state index is 12.3. The molecule has 1 aliphatic rings. The Balaban J connectivity index is 1.35. The van der Waals surface area contributed by atoms with Gasteiger partial charge in [-0.1, -0.05) is 67.1 Å². The van der Waals surface area contributed by atoms with Gasteiger partial charge in [0.05, 0.1) is 24.9 Å². The first-order valence-electron chi connectivity index (χ1n) is 16.0. The Morgan fingerprint density at radius 2 is 1.65 bits per heavy atom. The standard InChI is InChI=1S/C36H47N3O7/c1-25(41)37-18-5-3-4-9-35(44)38-21-26-10-16-29(17-11-26)36-45-32(20-34(46-36)28-14-12-27(24-40)13-15-28)22-39(2)23-33(43)30-7-6-8-31(42)19-30/h6-8,10-17,19,32-34,36,40,42-43H,3-5,9,18,20-24H2,1-2H3,(H,37,41)(H,38,44)/t32-,33-,34+,36+/m1/s1. The lowest BCUT2D eigenvalue weighted by molar-refractivity contribution is -0.252. The molecule has 10 nitrogen and oxygen atoms in total. The van der Waals surface area contributed by atoms with Gasteiger partial charge in [-0.25, -0.2) is 0 Å². The van der Waals surface area contributed by atoms with Crippen LogP contribution in [0.3, 0.4) is 0 Å². The molecule has 2 amide bonds. The number of likely N-dealkylation sites (N-methyl/N-ethyl adjacent to an activating group) is 1. The minimum atomic E-state index is -0.766. The van der Waals surface area contributed by atoms with E-state index in [1.54, 1.807) is 24.3 Å². The summed E-state index contributed by atoms with van der Waals surface area (Å²) in [6, 6.07) is 22.2. The summed E-state index contributed by atoms with van der Waals surface area (Å²) < 4.78 is 12.9. The molecule has 0 aliphatic carbocycles. The van der Waals surface area contributed by atoms with Gasteiger partial charge in [0.1, 0.15) is 5.75 Å². The van der Waals surface area contributed by atoms with Crippen LogP contribution in [0.4, 0.5) is 0 Å². The second-order valence-corrected chi connectivity index (χ2v) is 12.0. The highest BCUT2D eigenvalue weighted by Gasteiger charge is 2.33. The molecule has 46 heavy (non-hydrogen) atoms. The van der Waals surface area contributed by atoms with Crippen molar-refractivity contribution < 1.29 is 34.4 Å². The van der Waals surface area contributed by atoms with E-state index in [-0.39, 0.29) is 36.4 Å². The average Bonchev–Trinajstić information content (AvgIpc) is 3.05. The van der Waals surface area contributed by atoms with Gasteiger partial charge in [0.15, 0.2) is 6.29 Å². The first-order valence-corrected chi connectivity index (χ1v) is 16.0. The van der Waals surface area contributed by atoms with E-state index in [0.717, 1.165) is 41.5 Å². The van der Waals surface area contributed by atoms with Gasteiger partial charge in [-0.3, -0.25) is 9.59 Å². The maximum Gasteiger partial charge on any atom is 0.220 e. The van der Waals surface area contributed by atoms with Crippen molar-refractivity contribution in [2.24, 2.45) is 0 Å². The van der Waals surface area contributed by atoms with E-state index in [0.29, 0.717) is 44.6 Å². The zero-order chi connectivity index (χ0) is 32.9. The fourth-order valence-corrected chi connectivity index (χ4v) is 5.52. The van der Waals surface area contributed by atoms with Crippen molar-refractivity contribution in [2.45, 2.75) is 76.8 Å². The van der Waals surface area contributed by atoms with Crippen molar-refractivity contribution in [3.8, 4) is 5.75 Å². The first kappa shape index (κ1) is 35.1. The molecule has 0 bridgehead atoms. The van der Waals surface area contributed by atoms with Gasteiger partial charge in [-0.2, -0.15) is 0 Å². The van der Waals surface area contributed by atoms with Crippen molar-refractivity contribution in [1.29, 1.82) is 0 Å². The number of rotatable bonds is 16. The van der Waals surface area contributed by atoms with E-state index in [9.17, 15) is 24.9 Å². The molecule has 1 saturated heterocycles. The van der Waals surface area contributed by atoms with E-state index >= 15 is 0 Å². The zero-order valence-corrected chi connectivity index (χ0v) is 26.7. The predicted molar refractivity (Wildman–Crippen MR) is 174 cm³/mol. The number of nitrogens with zero attached hydrogens (tertiary/aromatic N) is 1. The fraction of sp³-hybridized carbons (Fsp3) is 0.444. The van der Waals surface area contributed by atoms with Crippen molar-refractivity contribution in [2.75, 3.05) is 26.7 Å². The second-order valence-electron chi connectivity index (χ2n) is 12.0. The SMILES string of the molecule is CC(=O)NCCCCCC(=O)NCc1ccc([C@H]2O[C@@H](CN(C)C[C@@H](O)c3cccc(O)c3)C[C@@H](c3ccc(CO)cc3)O2)cc1. The van der Waals surface area contributed by atoms with Gasteiger partial charge in [-0.15, -0.1) is 0 Å². The summed E-state index contributed by atoms with van der Waals surface area (Å²) in [6.45, 7) is 3.44. The second kappa shape index (κ2) is 17.8. The summed E-state index contributed by atoms with van der Waals surface area (Å²) in [6.07, 6.45) is 1.75. The lowest BCUT2D eigenvalue weighted by Gasteiger charge is -2.38. The highest BCUT2D eigenvalue weighted by Crippen LogP contribution is 2.38. The summed E-state index contributed by atoms with van der Waals surface area (Å²) in [5.41, 5.74) is 4.29. The summed E-state index contributed by atoms with van der Waals surface area (Å²) in [5, 5.41) is 35.8. The lowest BCUT2D eigenvalue weighted by atomic mass is 9.99. The number of phenols is 1. The third-order valence-corrected chi connectivity index (χ3v) is 8.07. The van der Waals surface area contributed by atoms with Crippen LogP contribution >= 0.6 is 0 Å². The third kappa shape index (κ3) is 11.2. The van der Waals surface area contributed by atoms with E-state index in [1.165, 1.54) is 6.92 Å². The van der Waals surface area contributed by atoms with Crippen molar-refractivity contribution in [1.82, 2.24) is 15.5 Å². The summed E-state index contributed by atoms with van der Waals surface area (Å²) >= 11 is 0. The topological polar surface area (TPSA) is 141 Å². The summed E-state index contributed by atoms with van der Waals surface area (Å²) in [7, 11) is 1.93. The molecule has 0 radical (unpaired) electrons. The van der Waals surface area contributed by atoms with Gasteiger partial charge in [-0.05, 0) is 54.3 Å².